The maximum atomic E-state index is 14.0. The summed E-state index contributed by atoms with van der Waals surface area (Å²) in [5.74, 6) is -0.366. The number of rotatable bonds is 2. The van der Waals surface area contributed by atoms with Crippen molar-refractivity contribution in [3.63, 3.8) is 0 Å². The van der Waals surface area contributed by atoms with E-state index in [2.05, 4.69) is 0 Å². The van der Waals surface area contributed by atoms with Gasteiger partial charge in [-0.05, 0) is 13.0 Å². The topological polar surface area (TPSA) is 38.7 Å². The van der Waals surface area contributed by atoms with Gasteiger partial charge in [0.15, 0.2) is 11.6 Å². The molecule has 1 saturated heterocycles. The van der Waals surface area contributed by atoms with Crippen LogP contribution >= 0.6 is 0 Å². The van der Waals surface area contributed by atoms with Gasteiger partial charge < -0.3 is 14.6 Å². The third-order valence-electron chi connectivity index (χ3n) is 3.17. The van der Waals surface area contributed by atoms with Gasteiger partial charge in [0.05, 0.1) is 19.8 Å². The molecule has 1 N–H and O–H groups in total. The number of aliphatic hydroxyl groups is 1. The van der Waals surface area contributed by atoms with E-state index in [-0.39, 0.29) is 11.3 Å². The van der Waals surface area contributed by atoms with E-state index >= 15 is 0 Å². The Kier molecular flexibility index (Phi) is 2.86. The molecule has 1 aromatic rings. The average Bonchev–Trinajstić information content (AvgIpc) is 2.60. The van der Waals surface area contributed by atoms with Crippen LogP contribution in [0, 0.1) is 5.82 Å². The van der Waals surface area contributed by atoms with Gasteiger partial charge in [-0.25, -0.2) is 4.39 Å². The van der Waals surface area contributed by atoms with Crippen LogP contribution in [0.25, 0.3) is 0 Å². The minimum atomic E-state index is -1.25. The van der Waals surface area contributed by atoms with Gasteiger partial charge in [-0.2, -0.15) is 0 Å². The SMILES string of the molecule is COc1cccc(C2(O)CCOC2C)c1F. The molecule has 0 spiro atoms. The highest BCUT2D eigenvalue weighted by atomic mass is 19.1. The van der Waals surface area contributed by atoms with Crippen molar-refractivity contribution in [3.8, 4) is 5.75 Å². The second-order valence-corrected chi connectivity index (χ2v) is 4.01. The first kappa shape index (κ1) is 11.4. The second-order valence-electron chi connectivity index (χ2n) is 4.01. The number of halogens is 1. The Morgan fingerprint density at radius 2 is 2.31 bits per heavy atom. The Bertz CT molecular complexity index is 394. The predicted molar refractivity (Wildman–Crippen MR) is 56.9 cm³/mol. The largest absolute Gasteiger partial charge is 0.494 e. The standard InChI is InChI=1S/C12H15FO3/c1-8-12(14,6-7-16-8)9-4-3-5-10(15-2)11(9)13/h3-5,8,14H,6-7H2,1-2H3. The highest BCUT2D eigenvalue weighted by Gasteiger charge is 2.43. The Balaban J connectivity index is 2.47. The number of hydrogen-bond donors (Lipinski definition) is 1. The van der Waals surface area contributed by atoms with Crippen LogP contribution in [0.15, 0.2) is 18.2 Å². The molecule has 2 unspecified atom stereocenters. The summed E-state index contributed by atoms with van der Waals surface area (Å²) in [5.41, 5.74) is -1.00. The van der Waals surface area contributed by atoms with Gasteiger partial charge >= 0.3 is 0 Å². The summed E-state index contributed by atoms with van der Waals surface area (Å²) in [6.45, 7) is 2.18. The van der Waals surface area contributed by atoms with E-state index in [4.69, 9.17) is 9.47 Å². The summed E-state index contributed by atoms with van der Waals surface area (Å²) in [4.78, 5) is 0. The lowest BCUT2D eigenvalue weighted by Gasteiger charge is -2.27. The normalized spacial score (nSPS) is 29.4. The van der Waals surface area contributed by atoms with E-state index in [1.54, 1.807) is 19.1 Å². The van der Waals surface area contributed by atoms with E-state index in [0.29, 0.717) is 13.0 Å². The van der Waals surface area contributed by atoms with Crippen LogP contribution in [0.5, 0.6) is 5.75 Å². The van der Waals surface area contributed by atoms with Gasteiger partial charge in [-0.3, -0.25) is 0 Å². The maximum Gasteiger partial charge on any atom is 0.171 e. The number of ether oxygens (including phenoxy) is 2. The summed E-state index contributed by atoms with van der Waals surface area (Å²) in [6.07, 6.45) is -0.00719. The maximum absolute atomic E-state index is 14.0. The van der Waals surface area contributed by atoms with E-state index in [1.165, 1.54) is 13.2 Å². The van der Waals surface area contributed by atoms with Crippen molar-refractivity contribution in [2.45, 2.75) is 25.0 Å². The van der Waals surface area contributed by atoms with Crippen LogP contribution in [0.1, 0.15) is 18.9 Å². The van der Waals surface area contributed by atoms with Crippen LogP contribution in [-0.4, -0.2) is 24.9 Å². The fourth-order valence-corrected chi connectivity index (χ4v) is 2.09. The van der Waals surface area contributed by atoms with Crippen molar-refractivity contribution in [1.29, 1.82) is 0 Å². The van der Waals surface area contributed by atoms with E-state index in [0.717, 1.165) is 0 Å². The number of methoxy groups -OCH3 is 1. The molecule has 1 heterocycles. The molecule has 3 nitrogen and oxygen atoms in total. The summed E-state index contributed by atoms with van der Waals surface area (Å²) in [7, 11) is 1.40. The van der Waals surface area contributed by atoms with Crippen LogP contribution in [0.2, 0.25) is 0 Å². The first-order valence-corrected chi connectivity index (χ1v) is 5.26. The lowest BCUT2D eigenvalue weighted by Crippen LogP contribution is -2.34. The highest BCUT2D eigenvalue weighted by molar-refractivity contribution is 5.35. The van der Waals surface area contributed by atoms with Crippen molar-refractivity contribution in [1.82, 2.24) is 0 Å². The van der Waals surface area contributed by atoms with Crippen LogP contribution in [0.3, 0.4) is 0 Å². The lowest BCUT2D eigenvalue weighted by molar-refractivity contribution is -0.0342. The smallest absolute Gasteiger partial charge is 0.171 e. The molecule has 2 atom stereocenters. The molecular formula is C12H15FO3. The minimum absolute atomic E-state index is 0.144. The van der Waals surface area contributed by atoms with Gasteiger partial charge in [-0.1, -0.05) is 12.1 Å². The summed E-state index contributed by atoms with van der Waals surface area (Å²) < 4.78 is 24.2. The molecule has 4 heteroatoms. The zero-order valence-electron chi connectivity index (χ0n) is 9.37. The zero-order valence-corrected chi connectivity index (χ0v) is 9.37. The molecule has 0 saturated carbocycles. The summed E-state index contributed by atoms with van der Waals surface area (Å²) >= 11 is 0. The fourth-order valence-electron chi connectivity index (χ4n) is 2.09. The van der Waals surface area contributed by atoms with Crippen molar-refractivity contribution in [2.75, 3.05) is 13.7 Å². The molecule has 0 bridgehead atoms. The van der Waals surface area contributed by atoms with Crippen LogP contribution < -0.4 is 4.74 Å². The van der Waals surface area contributed by atoms with Gasteiger partial charge in [0.1, 0.15) is 5.60 Å². The molecule has 0 aliphatic carbocycles. The van der Waals surface area contributed by atoms with Crippen molar-refractivity contribution in [2.24, 2.45) is 0 Å². The second kappa shape index (κ2) is 4.03. The molecule has 0 aromatic heterocycles. The summed E-state index contributed by atoms with van der Waals surface area (Å²) in [6, 6.07) is 4.77. The first-order valence-electron chi connectivity index (χ1n) is 5.26. The molecule has 16 heavy (non-hydrogen) atoms. The lowest BCUT2D eigenvalue weighted by atomic mass is 9.87. The first-order chi connectivity index (χ1) is 7.59. The molecule has 0 amide bonds. The third kappa shape index (κ3) is 1.58. The highest BCUT2D eigenvalue weighted by Crippen LogP contribution is 2.38. The van der Waals surface area contributed by atoms with Gasteiger partial charge in [0, 0.05) is 12.0 Å². The van der Waals surface area contributed by atoms with Crippen LogP contribution in [0.4, 0.5) is 4.39 Å². The van der Waals surface area contributed by atoms with Crippen LogP contribution in [-0.2, 0) is 10.3 Å². The minimum Gasteiger partial charge on any atom is -0.494 e. The molecule has 1 aliphatic heterocycles. The Morgan fingerprint density at radius 1 is 1.56 bits per heavy atom. The average molecular weight is 226 g/mol. The van der Waals surface area contributed by atoms with Crippen molar-refractivity contribution >= 4 is 0 Å². The van der Waals surface area contributed by atoms with Gasteiger partial charge in [-0.15, -0.1) is 0 Å². The van der Waals surface area contributed by atoms with Gasteiger partial charge in [0.25, 0.3) is 0 Å². The summed E-state index contributed by atoms with van der Waals surface area (Å²) in [5, 5.41) is 10.4. The molecule has 1 fully saturated rings. The van der Waals surface area contributed by atoms with E-state index < -0.39 is 17.5 Å². The van der Waals surface area contributed by atoms with Gasteiger partial charge in [0.2, 0.25) is 0 Å². The number of hydrogen-bond acceptors (Lipinski definition) is 3. The predicted octanol–water partition coefficient (Wildman–Crippen LogP) is 1.83. The Labute approximate surface area is 93.8 Å². The molecule has 0 radical (unpaired) electrons. The van der Waals surface area contributed by atoms with E-state index in [9.17, 15) is 9.50 Å². The molecule has 2 rings (SSSR count). The monoisotopic (exact) mass is 226 g/mol. The fraction of sp³-hybridized carbons (Fsp3) is 0.500. The van der Waals surface area contributed by atoms with Crippen molar-refractivity contribution < 1.29 is 19.0 Å². The molecule has 1 aliphatic rings. The Hall–Kier alpha value is -1.13. The molecular weight excluding hydrogens is 211 g/mol. The van der Waals surface area contributed by atoms with E-state index in [1.807, 2.05) is 0 Å². The molecule has 1 aromatic carbocycles. The molecule has 88 valence electrons. The quantitative estimate of drug-likeness (QED) is 0.836. The third-order valence-corrected chi connectivity index (χ3v) is 3.17. The van der Waals surface area contributed by atoms with Crippen molar-refractivity contribution in [3.05, 3.63) is 29.6 Å². The number of benzene rings is 1. The Morgan fingerprint density at radius 3 is 2.88 bits per heavy atom. The zero-order chi connectivity index (χ0) is 11.8.